The Morgan fingerprint density at radius 1 is 1.39 bits per heavy atom. The third-order valence-electron chi connectivity index (χ3n) is 3.81. The van der Waals surface area contributed by atoms with Crippen molar-refractivity contribution >= 4 is 17.1 Å². The van der Waals surface area contributed by atoms with E-state index in [2.05, 4.69) is 4.98 Å². The molecular formula is C15H16F3N3O2. The van der Waals surface area contributed by atoms with Crippen molar-refractivity contribution in [3.05, 3.63) is 30.2 Å². The molecule has 0 saturated carbocycles. The number of fused-ring (bicyclic) bond motifs is 1. The van der Waals surface area contributed by atoms with Gasteiger partial charge in [-0.2, -0.15) is 13.2 Å². The van der Waals surface area contributed by atoms with E-state index in [1.807, 2.05) is 29.6 Å². The van der Waals surface area contributed by atoms with E-state index in [0.717, 1.165) is 11.9 Å². The minimum absolute atomic E-state index is 0.104. The van der Waals surface area contributed by atoms with Gasteiger partial charge in [-0.25, -0.2) is 9.78 Å². The number of urea groups is 1. The predicted octanol–water partition coefficient (Wildman–Crippen LogP) is 3.28. The van der Waals surface area contributed by atoms with Crippen LogP contribution in [0.3, 0.4) is 0 Å². The molecule has 0 aliphatic carbocycles. The fraction of sp³-hybridized carbons (Fsp3) is 0.467. The van der Waals surface area contributed by atoms with Gasteiger partial charge >= 0.3 is 12.2 Å². The number of alkyl halides is 3. The molecule has 23 heavy (non-hydrogen) atoms. The molecule has 1 atom stereocenters. The van der Waals surface area contributed by atoms with Crippen molar-refractivity contribution < 1.29 is 22.4 Å². The van der Waals surface area contributed by atoms with Crippen LogP contribution in [0.15, 0.2) is 28.7 Å². The smallest absolute Gasteiger partial charge is 0.405 e. The predicted molar refractivity (Wildman–Crippen MR) is 77.0 cm³/mol. The number of para-hydroxylation sites is 2. The molecule has 1 aromatic heterocycles. The van der Waals surface area contributed by atoms with Crippen LogP contribution in [-0.4, -0.2) is 41.7 Å². The molecule has 0 unspecified atom stereocenters. The molecule has 1 saturated heterocycles. The zero-order valence-corrected chi connectivity index (χ0v) is 12.3. The van der Waals surface area contributed by atoms with Gasteiger partial charge in [-0.1, -0.05) is 12.1 Å². The van der Waals surface area contributed by atoms with Gasteiger partial charge in [0.2, 0.25) is 0 Å². The lowest BCUT2D eigenvalue weighted by Crippen LogP contribution is -2.47. The van der Waals surface area contributed by atoms with Crippen molar-refractivity contribution in [2.75, 3.05) is 19.6 Å². The maximum atomic E-state index is 12.2. The second-order valence-electron chi connectivity index (χ2n) is 5.58. The summed E-state index contributed by atoms with van der Waals surface area (Å²) in [6, 6.07) is 6.63. The number of hydrogen-bond donors (Lipinski definition) is 1. The Kier molecular flexibility index (Phi) is 4.14. The lowest BCUT2D eigenvalue weighted by atomic mass is 9.98. The Morgan fingerprint density at radius 3 is 2.91 bits per heavy atom. The van der Waals surface area contributed by atoms with Gasteiger partial charge in [0.15, 0.2) is 11.5 Å². The van der Waals surface area contributed by atoms with Crippen LogP contribution in [0.1, 0.15) is 24.7 Å². The number of nitrogens with one attached hydrogen (secondary N) is 1. The van der Waals surface area contributed by atoms with Crippen LogP contribution in [0, 0.1) is 0 Å². The number of piperidine rings is 1. The molecule has 1 aromatic carbocycles. The number of likely N-dealkylation sites (tertiary alicyclic amines) is 1. The van der Waals surface area contributed by atoms with E-state index in [1.54, 1.807) is 0 Å². The molecule has 1 N–H and O–H groups in total. The van der Waals surface area contributed by atoms with E-state index < -0.39 is 18.8 Å². The van der Waals surface area contributed by atoms with Crippen LogP contribution < -0.4 is 5.32 Å². The summed E-state index contributed by atoms with van der Waals surface area (Å²) in [7, 11) is 0. The first-order valence-electron chi connectivity index (χ1n) is 7.37. The van der Waals surface area contributed by atoms with Crippen LogP contribution in [0.2, 0.25) is 0 Å². The Bertz CT molecular complexity index is 666. The van der Waals surface area contributed by atoms with E-state index in [-0.39, 0.29) is 5.92 Å². The Hall–Kier alpha value is -2.25. The lowest BCUT2D eigenvalue weighted by Gasteiger charge is -2.31. The van der Waals surface area contributed by atoms with Crippen molar-refractivity contribution in [2.24, 2.45) is 0 Å². The molecule has 0 radical (unpaired) electrons. The highest BCUT2D eigenvalue weighted by molar-refractivity contribution is 5.74. The number of nitrogens with zero attached hydrogens (tertiary/aromatic N) is 2. The molecule has 3 rings (SSSR count). The van der Waals surface area contributed by atoms with Crippen LogP contribution in [0.5, 0.6) is 0 Å². The van der Waals surface area contributed by atoms with Gasteiger partial charge in [0.05, 0.1) is 5.92 Å². The van der Waals surface area contributed by atoms with Gasteiger partial charge < -0.3 is 14.6 Å². The first kappa shape index (κ1) is 15.6. The molecule has 2 heterocycles. The van der Waals surface area contributed by atoms with E-state index >= 15 is 0 Å². The number of carbonyl (C=O) groups excluding carboxylic acids is 1. The van der Waals surface area contributed by atoms with Gasteiger partial charge in [0.1, 0.15) is 12.1 Å². The molecule has 0 spiro atoms. The number of oxazole rings is 1. The molecule has 1 aliphatic rings. The summed E-state index contributed by atoms with van der Waals surface area (Å²) in [5.74, 6) is 0.423. The maximum Gasteiger partial charge on any atom is 0.405 e. The first-order chi connectivity index (χ1) is 10.9. The zero-order valence-electron chi connectivity index (χ0n) is 12.3. The van der Waals surface area contributed by atoms with E-state index in [4.69, 9.17) is 4.42 Å². The van der Waals surface area contributed by atoms with Crippen molar-refractivity contribution in [3.8, 4) is 0 Å². The summed E-state index contributed by atoms with van der Waals surface area (Å²) < 4.78 is 42.3. The minimum Gasteiger partial charge on any atom is -0.440 e. The number of carbonyl (C=O) groups is 1. The molecule has 0 bridgehead atoms. The SMILES string of the molecule is O=C(NCC(F)(F)F)N1CCC[C@@H](c2nc3ccccc3o2)C1. The van der Waals surface area contributed by atoms with Gasteiger partial charge in [-0.3, -0.25) is 0 Å². The Labute approximate surface area is 130 Å². The van der Waals surface area contributed by atoms with E-state index in [0.29, 0.717) is 31.0 Å². The maximum absolute atomic E-state index is 12.2. The van der Waals surface area contributed by atoms with E-state index in [9.17, 15) is 18.0 Å². The molecular weight excluding hydrogens is 311 g/mol. The number of halogens is 3. The highest BCUT2D eigenvalue weighted by Gasteiger charge is 2.31. The van der Waals surface area contributed by atoms with Crippen LogP contribution >= 0.6 is 0 Å². The molecule has 1 aliphatic heterocycles. The average molecular weight is 327 g/mol. The second-order valence-corrected chi connectivity index (χ2v) is 5.58. The van der Waals surface area contributed by atoms with Gasteiger partial charge in [0, 0.05) is 13.1 Å². The quantitative estimate of drug-likeness (QED) is 0.921. The number of amides is 2. The second kappa shape index (κ2) is 6.10. The standard InChI is InChI=1S/C15H16F3N3O2/c16-15(17,18)9-19-14(22)21-7-3-4-10(8-21)13-20-11-5-1-2-6-12(11)23-13/h1-2,5-6,10H,3-4,7-9H2,(H,19,22)/t10-/m1/s1. The molecule has 1 fully saturated rings. The summed E-state index contributed by atoms with van der Waals surface area (Å²) >= 11 is 0. The largest absolute Gasteiger partial charge is 0.440 e. The zero-order chi connectivity index (χ0) is 16.4. The number of aromatic nitrogens is 1. The summed E-state index contributed by atoms with van der Waals surface area (Å²) in [6.45, 7) is -0.590. The highest BCUT2D eigenvalue weighted by atomic mass is 19.4. The van der Waals surface area contributed by atoms with Crippen molar-refractivity contribution in [1.29, 1.82) is 0 Å². The highest BCUT2D eigenvalue weighted by Crippen LogP contribution is 2.29. The molecule has 2 amide bonds. The van der Waals surface area contributed by atoms with Crippen molar-refractivity contribution in [3.63, 3.8) is 0 Å². The van der Waals surface area contributed by atoms with Gasteiger partial charge in [-0.05, 0) is 25.0 Å². The monoisotopic (exact) mass is 327 g/mol. The number of benzene rings is 1. The van der Waals surface area contributed by atoms with Crippen LogP contribution in [0.4, 0.5) is 18.0 Å². The number of rotatable bonds is 2. The normalized spacial score (nSPS) is 19.1. The van der Waals surface area contributed by atoms with Crippen LogP contribution in [0.25, 0.3) is 11.1 Å². The summed E-state index contributed by atoms with van der Waals surface area (Å²) in [5.41, 5.74) is 1.40. The fourth-order valence-electron chi connectivity index (χ4n) is 2.72. The minimum atomic E-state index is -4.41. The Morgan fingerprint density at radius 2 is 2.17 bits per heavy atom. The first-order valence-corrected chi connectivity index (χ1v) is 7.37. The average Bonchev–Trinajstić information content (AvgIpc) is 2.96. The number of hydrogen-bond acceptors (Lipinski definition) is 3. The summed E-state index contributed by atoms with van der Waals surface area (Å²) in [5, 5.41) is 1.90. The van der Waals surface area contributed by atoms with E-state index in [1.165, 1.54) is 4.90 Å². The van der Waals surface area contributed by atoms with Gasteiger partial charge in [0.25, 0.3) is 0 Å². The summed E-state index contributed by atoms with van der Waals surface area (Å²) in [4.78, 5) is 17.7. The van der Waals surface area contributed by atoms with Crippen LogP contribution in [-0.2, 0) is 0 Å². The van der Waals surface area contributed by atoms with Gasteiger partial charge in [-0.15, -0.1) is 0 Å². The van der Waals surface area contributed by atoms with Crippen molar-refractivity contribution in [2.45, 2.75) is 24.9 Å². The lowest BCUT2D eigenvalue weighted by molar-refractivity contribution is -0.123. The molecule has 124 valence electrons. The molecule has 2 aromatic rings. The summed E-state index contributed by atoms with van der Waals surface area (Å²) in [6.07, 6.45) is -2.93. The third-order valence-corrected chi connectivity index (χ3v) is 3.81. The molecule has 8 heteroatoms. The Balaban J connectivity index is 1.67. The van der Waals surface area contributed by atoms with Crippen molar-refractivity contribution in [1.82, 2.24) is 15.2 Å². The third kappa shape index (κ3) is 3.75. The fourth-order valence-corrected chi connectivity index (χ4v) is 2.72. The molecule has 5 nitrogen and oxygen atoms in total. The topological polar surface area (TPSA) is 58.4 Å².